The fourth-order valence-corrected chi connectivity index (χ4v) is 3.19. The van der Waals surface area contributed by atoms with Crippen molar-refractivity contribution in [2.45, 2.75) is 38.3 Å². The van der Waals surface area contributed by atoms with Gasteiger partial charge in [-0.25, -0.2) is 4.98 Å². The van der Waals surface area contributed by atoms with E-state index in [9.17, 15) is 0 Å². The van der Waals surface area contributed by atoms with E-state index < -0.39 is 0 Å². The van der Waals surface area contributed by atoms with Crippen molar-refractivity contribution in [1.82, 2.24) is 9.55 Å². The second kappa shape index (κ2) is 8.03. The van der Waals surface area contributed by atoms with Gasteiger partial charge in [-0.05, 0) is 41.7 Å². The van der Waals surface area contributed by atoms with Gasteiger partial charge in [-0.2, -0.15) is 0 Å². The van der Waals surface area contributed by atoms with Gasteiger partial charge < -0.3 is 15.0 Å². The third kappa shape index (κ3) is 4.52. The molecule has 1 aliphatic rings. The molecule has 4 nitrogen and oxygen atoms in total. The van der Waals surface area contributed by atoms with E-state index in [2.05, 4.69) is 65.0 Å². The molecule has 28 heavy (non-hydrogen) atoms. The summed E-state index contributed by atoms with van der Waals surface area (Å²) in [6.45, 7) is 3.57. The van der Waals surface area contributed by atoms with Crippen LogP contribution >= 0.6 is 0 Å². The van der Waals surface area contributed by atoms with E-state index in [4.69, 9.17) is 10.5 Å². The van der Waals surface area contributed by atoms with E-state index in [0.29, 0.717) is 6.61 Å². The molecule has 0 atom stereocenters. The van der Waals surface area contributed by atoms with Crippen molar-refractivity contribution in [2.75, 3.05) is 6.61 Å². The summed E-state index contributed by atoms with van der Waals surface area (Å²) in [4.78, 5) is 4.35. The molecule has 0 amide bonds. The first-order valence-corrected chi connectivity index (χ1v) is 9.94. The zero-order chi connectivity index (χ0) is 19.4. The number of rotatable bonds is 8. The molecule has 0 aliphatic heterocycles. The number of aromatic nitrogens is 2. The molecule has 0 unspecified atom stereocenters. The molecule has 2 aromatic carbocycles. The summed E-state index contributed by atoms with van der Waals surface area (Å²) in [5.41, 5.74) is 9.56. The van der Waals surface area contributed by atoms with E-state index >= 15 is 0 Å². The topological polar surface area (TPSA) is 53.1 Å². The summed E-state index contributed by atoms with van der Waals surface area (Å²) >= 11 is 0. The quantitative estimate of drug-likeness (QED) is 0.623. The van der Waals surface area contributed by atoms with Crippen molar-refractivity contribution < 1.29 is 4.74 Å². The second-order valence-electron chi connectivity index (χ2n) is 7.55. The summed E-state index contributed by atoms with van der Waals surface area (Å²) in [6, 6.07) is 16.8. The lowest BCUT2D eigenvalue weighted by atomic mass is 10.0. The van der Waals surface area contributed by atoms with E-state index in [1.807, 2.05) is 24.5 Å². The Morgan fingerprint density at radius 2 is 1.75 bits per heavy atom. The number of nitrogens with zero attached hydrogens (tertiary/aromatic N) is 2. The van der Waals surface area contributed by atoms with Crippen LogP contribution in [0.15, 0.2) is 67.0 Å². The predicted molar refractivity (Wildman–Crippen MR) is 114 cm³/mol. The average Bonchev–Trinajstić information content (AvgIpc) is 3.29. The minimum atomic E-state index is -0.0853. The van der Waals surface area contributed by atoms with Crippen LogP contribution in [-0.4, -0.2) is 21.7 Å². The van der Waals surface area contributed by atoms with Gasteiger partial charge in [0.15, 0.2) is 0 Å². The summed E-state index contributed by atoms with van der Waals surface area (Å²) in [5, 5.41) is 0. The maximum absolute atomic E-state index is 6.07. The zero-order valence-electron chi connectivity index (χ0n) is 16.3. The SMILES string of the molecule is CCc1nccn1C/C=C/c1ccc(-c2ccc(OCC3(N)CC3)cc2)cc1. The first-order chi connectivity index (χ1) is 13.6. The Morgan fingerprint density at radius 3 is 2.39 bits per heavy atom. The van der Waals surface area contributed by atoms with Crippen LogP contribution in [0.4, 0.5) is 0 Å². The highest BCUT2D eigenvalue weighted by molar-refractivity contribution is 5.66. The Bertz CT molecular complexity index is 935. The van der Waals surface area contributed by atoms with Crippen molar-refractivity contribution in [3.8, 4) is 16.9 Å². The Morgan fingerprint density at radius 1 is 1.07 bits per heavy atom. The third-order valence-electron chi connectivity index (χ3n) is 5.25. The van der Waals surface area contributed by atoms with Crippen LogP contribution in [0.25, 0.3) is 17.2 Å². The number of allylic oxidation sites excluding steroid dienone is 1. The monoisotopic (exact) mass is 373 g/mol. The van der Waals surface area contributed by atoms with Gasteiger partial charge in [-0.3, -0.25) is 0 Å². The first-order valence-electron chi connectivity index (χ1n) is 9.94. The van der Waals surface area contributed by atoms with Gasteiger partial charge in [0.2, 0.25) is 0 Å². The molecule has 1 aromatic heterocycles. The molecular weight excluding hydrogens is 346 g/mol. The Kier molecular flexibility index (Phi) is 5.31. The van der Waals surface area contributed by atoms with Crippen LogP contribution in [0.3, 0.4) is 0 Å². The van der Waals surface area contributed by atoms with Crippen LogP contribution in [0.2, 0.25) is 0 Å². The highest BCUT2D eigenvalue weighted by Crippen LogP contribution is 2.33. The smallest absolute Gasteiger partial charge is 0.119 e. The fraction of sp³-hybridized carbons (Fsp3) is 0.292. The second-order valence-corrected chi connectivity index (χ2v) is 7.55. The number of ether oxygens (including phenoxy) is 1. The minimum Gasteiger partial charge on any atom is -0.492 e. The van der Waals surface area contributed by atoms with Gasteiger partial charge >= 0.3 is 0 Å². The van der Waals surface area contributed by atoms with E-state index in [1.54, 1.807) is 0 Å². The average molecular weight is 374 g/mol. The predicted octanol–water partition coefficient (Wildman–Crippen LogP) is 4.70. The van der Waals surface area contributed by atoms with Crippen LogP contribution in [0.1, 0.15) is 31.2 Å². The van der Waals surface area contributed by atoms with Gasteiger partial charge in [0, 0.05) is 25.4 Å². The lowest BCUT2D eigenvalue weighted by molar-refractivity contribution is 0.279. The van der Waals surface area contributed by atoms with Gasteiger partial charge in [-0.1, -0.05) is 55.5 Å². The molecule has 144 valence electrons. The van der Waals surface area contributed by atoms with Crippen molar-refractivity contribution in [3.05, 3.63) is 78.4 Å². The number of nitrogens with two attached hydrogens (primary N) is 1. The zero-order valence-corrected chi connectivity index (χ0v) is 16.3. The minimum absolute atomic E-state index is 0.0853. The Balaban J connectivity index is 1.35. The molecule has 1 fully saturated rings. The number of hydrogen-bond donors (Lipinski definition) is 1. The van der Waals surface area contributed by atoms with Crippen molar-refractivity contribution in [3.63, 3.8) is 0 Å². The molecule has 4 rings (SSSR count). The van der Waals surface area contributed by atoms with E-state index in [1.165, 1.54) is 16.7 Å². The molecule has 0 radical (unpaired) electrons. The van der Waals surface area contributed by atoms with Crippen molar-refractivity contribution in [2.24, 2.45) is 5.73 Å². The van der Waals surface area contributed by atoms with Gasteiger partial charge in [0.05, 0.1) is 5.54 Å². The maximum atomic E-state index is 6.07. The van der Waals surface area contributed by atoms with Gasteiger partial charge in [-0.15, -0.1) is 0 Å². The molecule has 1 saturated carbocycles. The standard InChI is InChI=1S/C24H27N3O/c1-2-23-26-15-17-27(23)16-3-4-19-5-7-20(8-6-19)21-9-11-22(12-10-21)28-18-24(25)13-14-24/h3-12,15,17H,2,13-14,16,18,25H2,1H3/b4-3+. The van der Waals surface area contributed by atoms with Gasteiger partial charge in [0.25, 0.3) is 0 Å². The molecule has 4 heteroatoms. The molecule has 0 saturated heterocycles. The van der Waals surface area contributed by atoms with E-state index in [-0.39, 0.29) is 5.54 Å². The molecule has 1 aliphatic carbocycles. The lowest BCUT2D eigenvalue weighted by Crippen LogP contribution is -2.29. The highest BCUT2D eigenvalue weighted by atomic mass is 16.5. The largest absolute Gasteiger partial charge is 0.492 e. The van der Waals surface area contributed by atoms with Crippen LogP contribution < -0.4 is 10.5 Å². The van der Waals surface area contributed by atoms with Crippen LogP contribution in [0.5, 0.6) is 5.75 Å². The lowest BCUT2D eigenvalue weighted by Gasteiger charge is -2.11. The molecular formula is C24H27N3O. The van der Waals surface area contributed by atoms with Crippen LogP contribution in [0, 0.1) is 0 Å². The van der Waals surface area contributed by atoms with Crippen molar-refractivity contribution in [1.29, 1.82) is 0 Å². The molecule has 0 spiro atoms. The molecule has 1 heterocycles. The first kappa shape index (κ1) is 18.5. The number of hydrogen-bond acceptors (Lipinski definition) is 3. The summed E-state index contributed by atoms with van der Waals surface area (Å²) in [5.74, 6) is 2.00. The summed E-state index contributed by atoms with van der Waals surface area (Å²) < 4.78 is 7.96. The third-order valence-corrected chi connectivity index (χ3v) is 5.25. The maximum Gasteiger partial charge on any atom is 0.119 e. The Hall–Kier alpha value is -2.85. The molecule has 2 N–H and O–H groups in total. The summed E-state index contributed by atoms with van der Waals surface area (Å²) in [6.07, 6.45) is 11.3. The molecule has 3 aromatic rings. The Labute approximate surface area is 166 Å². The van der Waals surface area contributed by atoms with Crippen LogP contribution in [-0.2, 0) is 13.0 Å². The fourth-order valence-electron chi connectivity index (χ4n) is 3.19. The van der Waals surface area contributed by atoms with Gasteiger partial charge in [0.1, 0.15) is 18.2 Å². The number of aryl methyl sites for hydroxylation is 1. The molecule has 0 bridgehead atoms. The number of benzene rings is 2. The normalized spacial score (nSPS) is 15.1. The number of imidazole rings is 1. The van der Waals surface area contributed by atoms with Crippen molar-refractivity contribution >= 4 is 6.08 Å². The van der Waals surface area contributed by atoms with E-state index in [0.717, 1.165) is 37.4 Å². The highest BCUT2D eigenvalue weighted by Gasteiger charge is 2.39. The summed E-state index contributed by atoms with van der Waals surface area (Å²) in [7, 11) is 0.